The van der Waals surface area contributed by atoms with E-state index in [0.717, 1.165) is 12.3 Å². The molecule has 0 saturated carbocycles. The first kappa shape index (κ1) is 18.5. The molecule has 0 radical (unpaired) electrons. The summed E-state index contributed by atoms with van der Waals surface area (Å²) in [6, 6.07) is 0. The van der Waals surface area contributed by atoms with Crippen LogP contribution >= 0.6 is 0 Å². The summed E-state index contributed by atoms with van der Waals surface area (Å²) in [7, 11) is 0. The van der Waals surface area contributed by atoms with Gasteiger partial charge < -0.3 is 4.74 Å². The fourth-order valence-electron chi connectivity index (χ4n) is 2.57. The zero-order valence-corrected chi connectivity index (χ0v) is 13.4. The molecule has 0 spiro atoms. The Morgan fingerprint density at radius 1 is 0.842 bits per heavy atom. The Morgan fingerprint density at radius 2 is 1.37 bits per heavy atom. The van der Waals surface area contributed by atoms with E-state index < -0.39 is 0 Å². The molecule has 19 heavy (non-hydrogen) atoms. The maximum absolute atomic E-state index is 11.3. The van der Waals surface area contributed by atoms with E-state index in [4.69, 9.17) is 4.74 Å². The van der Waals surface area contributed by atoms with Crippen molar-refractivity contribution in [3.8, 4) is 0 Å². The van der Waals surface area contributed by atoms with E-state index >= 15 is 0 Å². The summed E-state index contributed by atoms with van der Waals surface area (Å²) in [4.78, 5) is 11.3. The summed E-state index contributed by atoms with van der Waals surface area (Å²) in [5.74, 6) is 0.802. The van der Waals surface area contributed by atoms with Gasteiger partial charge in [-0.3, -0.25) is 4.79 Å². The maximum atomic E-state index is 11.3. The van der Waals surface area contributed by atoms with Crippen molar-refractivity contribution < 1.29 is 9.53 Å². The first-order valence-corrected chi connectivity index (χ1v) is 8.40. The molecular formula is C17H34O2. The third-order valence-electron chi connectivity index (χ3n) is 3.73. The van der Waals surface area contributed by atoms with Crippen LogP contribution in [0.4, 0.5) is 0 Å². The van der Waals surface area contributed by atoms with Gasteiger partial charge >= 0.3 is 5.97 Å². The first-order valence-electron chi connectivity index (χ1n) is 8.40. The molecule has 0 aromatic rings. The molecule has 0 unspecified atom stereocenters. The lowest BCUT2D eigenvalue weighted by Crippen LogP contribution is -2.06. The van der Waals surface area contributed by atoms with E-state index in [0.29, 0.717) is 13.0 Å². The Labute approximate surface area is 120 Å². The van der Waals surface area contributed by atoms with Crippen LogP contribution in [0.5, 0.6) is 0 Å². The molecule has 0 fully saturated rings. The molecule has 0 aromatic heterocycles. The van der Waals surface area contributed by atoms with Gasteiger partial charge in [0.05, 0.1) is 6.61 Å². The second kappa shape index (κ2) is 13.9. The van der Waals surface area contributed by atoms with Gasteiger partial charge in [0.25, 0.3) is 0 Å². The van der Waals surface area contributed by atoms with Crippen LogP contribution in [-0.2, 0) is 9.53 Å². The van der Waals surface area contributed by atoms with Crippen LogP contribution in [0.3, 0.4) is 0 Å². The monoisotopic (exact) mass is 270 g/mol. The summed E-state index contributed by atoms with van der Waals surface area (Å²) in [5.41, 5.74) is 0. The molecule has 0 heterocycles. The smallest absolute Gasteiger partial charge is 0.305 e. The van der Waals surface area contributed by atoms with Crippen LogP contribution in [0.25, 0.3) is 0 Å². The minimum atomic E-state index is -0.0247. The third-order valence-corrected chi connectivity index (χ3v) is 3.73. The second-order valence-electron chi connectivity index (χ2n) is 5.55. The van der Waals surface area contributed by atoms with Gasteiger partial charge in [-0.15, -0.1) is 0 Å². The van der Waals surface area contributed by atoms with E-state index in [1.165, 1.54) is 57.8 Å². The molecule has 114 valence electrons. The lowest BCUT2D eigenvalue weighted by atomic mass is 9.90. The van der Waals surface area contributed by atoms with Crippen molar-refractivity contribution in [2.75, 3.05) is 6.61 Å². The van der Waals surface area contributed by atoms with Gasteiger partial charge in [0.2, 0.25) is 0 Å². The van der Waals surface area contributed by atoms with Crippen LogP contribution in [0.15, 0.2) is 0 Å². The standard InChI is InChI=1S/C17H34O2/c1-4-7-9-12-16(13-10-8-5-2)14-11-15-17(18)19-6-3/h16H,4-15H2,1-3H3. The highest BCUT2D eigenvalue weighted by Gasteiger charge is 2.10. The van der Waals surface area contributed by atoms with Crippen LogP contribution in [-0.4, -0.2) is 12.6 Å². The number of carbonyl (C=O) groups excluding carboxylic acids is 1. The van der Waals surface area contributed by atoms with Gasteiger partial charge in [0, 0.05) is 6.42 Å². The Balaban J connectivity index is 3.78. The summed E-state index contributed by atoms with van der Waals surface area (Å²) >= 11 is 0. The van der Waals surface area contributed by atoms with E-state index in [9.17, 15) is 4.79 Å². The SMILES string of the molecule is CCCCCC(CCCCC)CCCC(=O)OCC. The van der Waals surface area contributed by atoms with Gasteiger partial charge in [0.1, 0.15) is 0 Å². The Kier molecular flexibility index (Phi) is 13.5. The predicted octanol–water partition coefficient (Wildman–Crippen LogP) is 5.50. The minimum Gasteiger partial charge on any atom is -0.466 e. The number of unbranched alkanes of at least 4 members (excludes halogenated alkanes) is 4. The van der Waals surface area contributed by atoms with Crippen molar-refractivity contribution in [2.45, 2.75) is 91.4 Å². The van der Waals surface area contributed by atoms with E-state index in [1.807, 2.05) is 6.92 Å². The molecule has 0 rings (SSSR count). The highest BCUT2D eigenvalue weighted by molar-refractivity contribution is 5.69. The molecule has 0 amide bonds. The van der Waals surface area contributed by atoms with Crippen LogP contribution < -0.4 is 0 Å². The number of carbonyl (C=O) groups is 1. The van der Waals surface area contributed by atoms with Crippen molar-refractivity contribution in [2.24, 2.45) is 5.92 Å². The molecule has 0 atom stereocenters. The molecule has 0 aliphatic rings. The Bertz CT molecular complexity index is 191. The lowest BCUT2D eigenvalue weighted by Gasteiger charge is -2.16. The average molecular weight is 270 g/mol. The van der Waals surface area contributed by atoms with E-state index in [1.54, 1.807) is 0 Å². The van der Waals surface area contributed by atoms with Crippen molar-refractivity contribution in [1.82, 2.24) is 0 Å². The molecular weight excluding hydrogens is 236 g/mol. The highest BCUT2D eigenvalue weighted by atomic mass is 16.5. The molecule has 0 aromatic carbocycles. The minimum absolute atomic E-state index is 0.0247. The largest absolute Gasteiger partial charge is 0.466 e. The number of hydrogen-bond donors (Lipinski definition) is 0. The Morgan fingerprint density at radius 3 is 1.84 bits per heavy atom. The predicted molar refractivity (Wildman–Crippen MR) is 82.3 cm³/mol. The zero-order valence-electron chi connectivity index (χ0n) is 13.4. The molecule has 2 nitrogen and oxygen atoms in total. The van der Waals surface area contributed by atoms with Gasteiger partial charge in [-0.1, -0.05) is 65.2 Å². The zero-order chi connectivity index (χ0) is 14.3. The summed E-state index contributed by atoms with van der Waals surface area (Å²) in [6.07, 6.45) is 13.5. The fraction of sp³-hybridized carbons (Fsp3) is 0.941. The maximum Gasteiger partial charge on any atom is 0.305 e. The fourth-order valence-corrected chi connectivity index (χ4v) is 2.57. The molecule has 0 aliphatic heterocycles. The molecule has 0 aliphatic carbocycles. The second-order valence-corrected chi connectivity index (χ2v) is 5.55. The molecule has 0 saturated heterocycles. The lowest BCUT2D eigenvalue weighted by molar-refractivity contribution is -0.143. The van der Waals surface area contributed by atoms with Gasteiger partial charge in [-0.2, -0.15) is 0 Å². The van der Waals surface area contributed by atoms with Crippen molar-refractivity contribution in [3.05, 3.63) is 0 Å². The molecule has 0 bridgehead atoms. The molecule has 0 N–H and O–H groups in total. The number of esters is 1. The topological polar surface area (TPSA) is 26.3 Å². The van der Waals surface area contributed by atoms with Crippen molar-refractivity contribution in [1.29, 1.82) is 0 Å². The number of ether oxygens (including phenoxy) is 1. The normalized spacial score (nSPS) is 10.9. The van der Waals surface area contributed by atoms with Crippen molar-refractivity contribution in [3.63, 3.8) is 0 Å². The number of rotatable bonds is 13. The van der Waals surface area contributed by atoms with Gasteiger partial charge in [-0.25, -0.2) is 0 Å². The first-order chi connectivity index (χ1) is 9.24. The van der Waals surface area contributed by atoms with E-state index in [2.05, 4.69) is 13.8 Å². The van der Waals surface area contributed by atoms with Crippen molar-refractivity contribution >= 4 is 5.97 Å². The van der Waals surface area contributed by atoms with E-state index in [-0.39, 0.29) is 5.97 Å². The van der Waals surface area contributed by atoms with Gasteiger partial charge in [0.15, 0.2) is 0 Å². The third kappa shape index (κ3) is 12.3. The summed E-state index contributed by atoms with van der Waals surface area (Å²) in [6.45, 7) is 6.89. The van der Waals surface area contributed by atoms with Gasteiger partial charge in [-0.05, 0) is 25.7 Å². The quantitative estimate of drug-likeness (QED) is 0.326. The van der Waals surface area contributed by atoms with Crippen LogP contribution in [0, 0.1) is 5.92 Å². The Hall–Kier alpha value is -0.530. The van der Waals surface area contributed by atoms with Crippen LogP contribution in [0.1, 0.15) is 91.4 Å². The average Bonchev–Trinajstić information content (AvgIpc) is 2.39. The highest BCUT2D eigenvalue weighted by Crippen LogP contribution is 2.23. The number of hydrogen-bond acceptors (Lipinski definition) is 2. The summed E-state index contributed by atoms with van der Waals surface area (Å²) < 4.78 is 4.98. The molecule has 2 heteroatoms. The van der Waals surface area contributed by atoms with Crippen LogP contribution in [0.2, 0.25) is 0 Å². The summed E-state index contributed by atoms with van der Waals surface area (Å²) in [5, 5.41) is 0.